The Balaban J connectivity index is 2.25. The second-order valence-corrected chi connectivity index (χ2v) is 4.61. The van der Waals surface area contributed by atoms with Crippen molar-refractivity contribution in [2.75, 3.05) is 18.2 Å². The van der Waals surface area contributed by atoms with Crippen LogP contribution in [0.15, 0.2) is 30.5 Å². The van der Waals surface area contributed by atoms with Crippen LogP contribution < -0.4 is 15.8 Å². The van der Waals surface area contributed by atoms with Gasteiger partial charge in [0, 0.05) is 23.3 Å². The van der Waals surface area contributed by atoms with Crippen molar-refractivity contribution in [1.29, 1.82) is 0 Å². The number of rotatable bonds is 5. The van der Waals surface area contributed by atoms with E-state index in [0.717, 1.165) is 5.56 Å². The molecule has 7 heteroatoms. The third-order valence-electron chi connectivity index (χ3n) is 2.95. The Morgan fingerprint density at radius 3 is 2.90 bits per heavy atom. The summed E-state index contributed by atoms with van der Waals surface area (Å²) in [6.45, 7) is 0.309. The highest BCUT2D eigenvalue weighted by Gasteiger charge is 2.13. The van der Waals surface area contributed by atoms with E-state index < -0.39 is 5.97 Å². The summed E-state index contributed by atoms with van der Waals surface area (Å²) in [7, 11) is 1.55. The maximum Gasteiger partial charge on any atom is 0.337 e. The van der Waals surface area contributed by atoms with E-state index in [-0.39, 0.29) is 17.1 Å². The number of halogens is 1. The molecule has 0 aliphatic heterocycles. The fourth-order valence-electron chi connectivity index (χ4n) is 1.87. The van der Waals surface area contributed by atoms with Crippen LogP contribution in [0.25, 0.3) is 0 Å². The molecular weight excluding hydrogens is 294 g/mol. The highest BCUT2D eigenvalue weighted by atomic mass is 35.5. The van der Waals surface area contributed by atoms with Crippen LogP contribution in [0.1, 0.15) is 15.9 Å². The second-order valence-electron chi connectivity index (χ2n) is 4.20. The molecule has 2 rings (SSSR count). The molecule has 0 aliphatic carbocycles. The van der Waals surface area contributed by atoms with Gasteiger partial charge in [0.15, 0.2) is 0 Å². The van der Waals surface area contributed by atoms with Crippen LogP contribution in [-0.4, -0.2) is 23.2 Å². The van der Waals surface area contributed by atoms with Crippen LogP contribution in [0.5, 0.6) is 5.75 Å². The molecule has 6 nitrogen and oxygen atoms in total. The van der Waals surface area contributed by atoms with Crippen LogP contribution in [0.4, 0.5) is 11.5 Å². The highest BCUT2D eigenvalue weighted by molar-refractivity contribution is 6.31. The minimum Gasteiger partial charge on any atom is -0.496 e. The van der Waals surface area contributed by atoms with Gasteiger partial charge < -0.3 is 20.9 Å². The summed E-state index contributed by atoms with van der Waals surface area (Å²) in [6.07, 6.45) is 1.38. The number of nitrogens with one attached hydrogen (secondary N) is 1. The molecule has 0 spiro atoms. The summed E-state index contributed by atoms with van der Waals surface area (Å²) >= 11 is 6.13. The summed E-state index contributed by atoms with van der Waals surface area (Å²) in [4.78, 5) is 15.1. The molecule has 110 valence electrons. The topological polar surface area (TPSA) is 97.5 Å². The number of ether oxygens (including phenoxy) is 1. The van der Waals surface area contributed by atoms with Gasteiger partial charge in [-0.3, -0.25) is 0 Å². The van der Waals surface area contributed by atoms with Gasteiger partial charge in [-0.15, -0.1) is 0 Å². The molecule has 1 aromatic carbocycles. The quantitative estimate of drug-likeness (QED) is 0.785. The van der Waals surface area contributed by atoms with Crippen molar-refractivity contribution in [1.82, 2.24) is 4.98 Å². The number of benzene rings is 1. The lowest BCUT2D eigenvalue weighted by Crippen LogP contribution is -2.10. The van der Waals surface area contributed by atoms with Crippen LogP contribution in [0.2, 0.25) is 5.02 Å². The maximum absolute atomic E-state index is 11.0. The van der Waals surface area contributed by atoms with E-state index >= 15 is 0 Å². The Bertz CT molecular complexity index is 677. The number of pyridine rings is 1. The molecule has 0 atom stereocenters. The minimum atomic E-state index is -1.10. The Morgan fingerprint density at radius 2 is 2.24 bits per heavy atom. The number of hydrogen-bond donors (Lipinski definition) is 3. The summed E-state index contributed by atoms with van der Waals surface area (Å²) in [5.74, 6) is -0.187. The third-order valence-corrected chi connectivity index (χ3v) is 3.30. The first-order valence-electron chi connectivity index (χ1n) is 6.07. The molecule has 0 saturated heterocycles. The lowest BCUT2D eigenvalue weighted by atomic mass is 10.2. The van der Waals surface area contributed by atoms with Gasteiger partial charge >= 0.3 is 5.97 Å². The van der Waals surface area contributed by atoms with Crippen molar-refractivity contribution < 1.29 is 14.6 Å². The zero-order chi connectivity index (χ0) is 15.4. The monoisotopic (exact) mass is 307 g/mol. The normalized spacial score (nSPS) is 10.2. The number of methoxy groups -OCH3 is 1. The fourth-order valence-corrected chi connectivity index (χ4v) is 2.11. The van der Waals surface area contributed by atoms with Crippen molar-refractivity contribution in [2.45, 2.75) is 6.54 Å². The van der Waals surface area contributed by atoms with E-state index in [1.165, 1.54) is 12.3 Å². The van der Waals surface area contributed by atoms with Gasteiger partial charge in [-0.1, -0.05) is 17.7 Å². The number of carboxylic acid groups (broad SMARTS) is 1. The first-order chi connectivity index (χ1) is 10.0. The molecule has 0 amide bonds. The lowest BCUT2D eigenvalue weighted by molar-refractivity contribution is 0.0698. The fraction of sp³-hybridized carbons (Fsp3) is 0.143. The zero-order valence-corrected chi connectivity index (χ0v) is 12.0. The summed E-state index contributed by atoms with van der Waals surface area (Å²) < 4.78 is 5.24. The van der Waals surface area contributed by atoms with E-state index in [1.54, 1.807) is 25.3 Å². The van der Waals surface area contributed by atoms with Gasteiger partial charge in [-0.2, -0.15) is 0 Å². The maximum atomic E-state index is 11.0. The molecular formula is C14H14ClN3O3. The molecule has 0 saturated carbocycles. The summed E-state index contributed by atoms with van der Waals surface area (Å²) in [5.41, 5.74) is 6.60. The van der Waals surface area contributed by atoms with Crippen molar-refractivity contribution in [3.63, 3.8) is 0 Å². The summed E-state index contributed by atoms with van der Waals surface area (Å²) in [6, 6.07) is 6.65. The lowest BCUT2D eigenvalue weighted by Gasteiger charge is -2.13. The molecule has 21 heavy (non-hydrogen) atoms. The van der Waals surface area contributed by atoms with Crippen molar-refractivity contribution in [3.05, 3.63) is 46.6 Å². The van der Waals surface area contributed by atoms with Crippen molar-refractivity contribution >= 4 is 29.1 Å². The number of hydrogen-bond acceptors (Lipinski definition) is 5. The first-order valence-corrected chi connectivity index (χ1v) is 6.45. The molecule has 1 aromatic heterocycles. The van der Waals surface area contributed by atoms with E-state index in [4.69, 9.17) is 27.2 Å². The molecule has 0 aliphatic rings. The average Bonchev–Trinajstić information content (AvgIpc) is 2.46. The minimum absolute atomic E-state index is 0.00127. The van der Waals surface area contributed by atoms with Crippen molar-refractivity contribution in [2.24, 2.45) is 0 Å². The van der Waals surface area contributed by atoms with E-state index in [2.05, 4.69) is 10.3 Å². The molecule has 0 bridgehead atoms. The molecule has 0 radical (unpaired) electrons. The number of nitrogen functional groups attached to an aromatic ring is 1. The molecule has 0 unspecified atom stereocenters. The van der Waals surface area contributed by atoms with Crippen LogP contribution >= 0.6 is 11.6 Å². The van der Waals surface area contributed by atoms with Gasteiger partial charge in [-0.25, -0.2) is 9.78 Å². The number of nitrogens with two attached hydrogens (primary N) is 1. The smallest absolute Gasteiger partial charge is 0.337 e. The first kappa shape index (κ1) is 14.9. The molecule has 2 aromatic rings. The van der Waals surface area contributed by atoms with Gasteiger partial charge in [0.05, 0.1) is 18.4 Å². The molecule has 1 heterocycles. The van der Waals surface area contributed by atoms with Gasteiger partial charge in [0.25, 0.3) is 0 Å². The van der Waals surface area contributed by atoms with E-state index in [1.807, 2.05) is 0 Å². The third kappa shape index (κ3) is 3.17. The number of anilines is 2. The highest BCUT2D eigenvalue weighted by Crippen LogP contribution is 2.28. The van der Waals surface area contributed by atoms with Crippen LogP contribution in [-0.2, 0) is 6.54 Å². The number of carbonyl (C=O) groups is 1. The molecule has 4 N–H and O–H groups in total. The van der Waals surface area contributed by atoms with Gasteiger partial charge in [0.1, 0.15) is 11.6 Å². The standard InChI is InChI=1S/C14H14ClN3O3/c1-21-11-4-2-3-10(15)9(11)7-18-13-12(16)8(14(19)20)5-6-17-13/h2-6H,7,16H2,1H3,(H,17,18)(H,19,20). The Kier molecular flexibility index (Phi) is 4.49. The number of aromatic nitrogens is 1. The van der Waals surface area contributed by atoms with Crippen LogP contribution in [0, 0.1) is 0 Å². The predicted molar refractivity (Wildman–Crippen MR) is 80.9 cm³/mol. The SMILES string of the molecule is COc1cccc(Cl)c1CNc1nccc(C(=O)O)c1N. The molecule has 0 fully saturated rings. The average molecular weight is 308 g/mol. The second kappa shape index (κ2) is 6.32. The zero-order valence-electron chi connectivity index (χ0n) is 11.3. The number of carboxylic acids is 1. The number of nitrogens with zero attached hydrogens (tertiary/aromatic N) is 1. The van der Waals surface area contributed by atoms with E-state index in [9.17, 15) is 4.79 Å². The Labute approximate surface area is 126 Å². The number of aromatic carboxylic acids is 1. The van der Waals surface area contributed by atoms with Crippen LogP contribution in [0.3, 0.4) is 0 Å². The summed E-state index contributed by atoms with van der Waals surface area (Å²) in [5, 5.41) is 12.5. The van der Waals surface area contributed by atoms with Gasteiger partial charge in [0.2, 0.25) is 0 Å². The van der Waals surface area contributed by atoms with Gasteiger partial charge in [-0.05, 0) is 18.2 Å². The Morgan fingerprint density at radius 1 is 1.48 bits per heavy atom. The Hall–Kier alpha value is -2.47. The van der Waals surface area contributed by atoms with E-state index in [0.29, 0.717) is 17.3 Å². The van der Waals surface area contributed by atoms with Crippen molar-refractivity contribution in [3.8, 4) is 5.75 Å². The largest absolute Gasteiger partial charge is 0.496 e. The predicted octanol–water partition coefficient (Wildman–Crippen LogP) is 2.64.